The van der Waals surface area contributed by atoms with Gasteiger partial charge in [-0.3, -0.25) is 4.40 Å². The van der Waals surface area contributed by atoms with Crippen molar-refractivity contribution in [3.05, 3.63) is 51.5 Å². The van der Waals surface area contributed by atoms with E-state index >= 15 is 0 Å². The highest BCUT2D eigenvalue weighted by atomic mass is 32.1. The minimum atomic E-state index is 0.407. The lowest BCUT2D eigenvalue weighted by molar-refractivity contribution is -0.941. The fourth-order valence-electron chi connectivity index (χ4n) is 4.07. The highest BCUT2D eigenvalue weighted by molar-refractivity contribution is 7.71. The molecule has 2 atom stereocenters. The number of hydrogen-bond acceptors (Lipinski definition) is 5. The van der Waals surface area contributed by atoms with Crippen molar-refractivity contribution in [2.45, 2.75) is 39.4 Å². The molecule has 1 aliphatic heterocycles. The summed E-state index contributed by atoms with van der Waals surface area (Å²) in [7, 11) is 0. The Morgan fingerprint density at radius 2 is 2.11 bits per heavy atom. The first-order valence-electron chi connectivity index (χ1n) is 9.24. The van der Waals surface area contributed by atoms with Gasteiger partial charge in [0.15, 0.2) is 11.7 Å². The molecular formula is C19H21N6S2+. The predicted molar refractivity (Wildman–Crippen MR) is 109 cm³/mol. The molecule has 1 unspecified atom stereocenters. The molecule has 3 aromatic heterocycles. The molecule has 0 amide bonds. The Morgan fingerprint density at radius 1 is 1.26 bits per heavy atom. The second kappa shape index (κ2) is 6.47. The Labute approximate surface area is 166 Å². The average molecular weight is 398 g/mol. The van der Waals surface area contributed by atoms with Gasteiger partial charge >= 0.3 is 0 Å². The van der Waals surface area contributed by atoms with Crippen LogP contribution in [0.1, 0.15) is 35.3 Å². The maximum atomic E-state index is 5.70. The topological polar surface area (TPSA) is 52.5 Å². The van der Waals surface area contributed by atoms with Gasteiger partial charge in [0.1, 0.15) is 6.04 Å². The van der Waals surface area contributed by atoms with Gasteiger partial charge in [-0.2, -0.15) is 4.68 Å². The van der Waals surface area contributed by atoms with E-state index in [-0.39, 0.29) is 0 Å². The quantitative estimate of drug-likeness (QED) is 0.540. The fourth-order valence-corrected chi connectivity index (χ4v) is 5.56. The van der Waals surface area contributed by atoms with Crippen LogP contribution in [0.15, 0.2) is 30.3 Å². The monoisotopic (exact) mass is 397 g/mol. The van der Waals surface area contributed by atoms with E-state index in [2.05, 4.69) is 36.2 Å². The summed E-state index contributed by atoms with van der Waals surface area (Å²) < 4.78 is 5.88. The van der Waals surface area contributed by atoms with Gasteiger partial charge in [-0.05, 0) is 44.3 Å². The van der Waals surface area contributed by atoms with Gasteiger partial charge in [0.2, 0.25) is 4.77 Å². The van der Waals surface area contributed by atoms with Crippen molar-refractivity contribution in [2.75, 3.05) is 6.54 Å². The molecule has 1 aromatic carbocycles. The molecule has 1 N–H and O–H groups in total. The van der Waals surface area contributed by atoms with E-state index in [1.807, 2.05) is 33.4 Å². The van der Waals surface area contributed by atoms with Crippen LogP contribution in [-0.4, -0.2) is 30.7 Å². The minimum Gasteiger partial charge on any atom is -0.308 e. The van der Waals surface area contributed by atoms with Crippen molar-refractivity contribution in [3.63, 3.8) is 0 Å². The number of fused-ring (bicyclic) bond motifs is 2. The number of hydrogen-bond donors (Lipinski definition) is 1. The molecule has 1 aliphatic rings. The van der Waals surface area contributed by atoms with Gasteiger partial charge in [-0.1, -0.05) is 12.1 Å². The highest BCUT2D eigenvalue weighted by Gasteiger charge is 2.33. The lowest BCUT2D eigenvalue weighted by atomic mass is 10.2. The molecule has 27 heavy (non-hydrogen) atoms. The molecule has 1 saturated heterocycles. The van der Waals surface area contributed by atoms with Crippen LogP contribution in [0.25, 0.3) is 16.0 Å². The summed E-state index contributed by atoms with van der Waals surface area (Å²) in [6.07, 6.45) is 2.36. The van der Waals surface area contributed by atoms with Crippen molar-refractivity contribution >= 4 is 39.5 Å². The molecule has 0 aliphatic carbocycles. The molecule has 5 rings (SSSR count). The Bertz CT molecular complexity index is 1170. The first kappa shape index (κ1) is 17.0. The van der Waals surface area contributed by atoms with Crippen molar-refractivity contribution in [3.8, 4) is 0 Å². The number of aryl methyl sites for hydroxylation is 2. The summed E-state index contributed by atoms with van der Waals surface area (Å²) in [4.78, 5) is 10.9. The van der Waals surface area contributed by atoms with E-state index in [1.54, 1.807) is 0 Å². The highest BCUT2D eigenvalue weighted by Crippen LogP contribution is 2.28. The Morgan fingerprint density at radius 3 is 2.96 bits per heavy atom. The number of thiazole rings is 1. The smallest absolute Gasteiger partial charge is 0.254 e. The summed E-state index contributed by atoms with van der Waals surface area (Å²) in [6, 6.07) is 10.8. The maximum absolute atomic E-state index is 5.70. The van der Waals surface area contributed by atoms with Gasteiger partial charge in [0.05, 0.1) is 16.8 Å². The number of likely N-dealkylation sites (tertiary alicyclic amines) is 1. The zero-order chi connectivity index (χ0) is 18.5. The Kier molecular flexibility index (Phi) is 4.07. The molecule has 138 valence electrons. The van der Waals surface area contributed by atoms with Crippen LogP contribution in [0.5, 0.6) is 0 Å². The molecule has 0 radical (unpaired) electrons. The summed E-state index contributed by atoms with van der Waals surface area (Å²) >= 11 is 7.51. The van der Waals surface area contributed by atoms with Crippen molar-refractivity contribution in [1.29, 1.82) is 0 Å². The first-order valence-corrected chi connectivity index (χ1v) is 10.5. The van der Waals surface area contributed by atoms with Gasteiger partial charge in [0, 0.05) is 24.2 Å². The second-order valence-corrected chi connectivity index (χ2v) is 8.66. The lowest BCUT2D eigenvalue weighted by Crippen LogP contribution is -3.09. The number of rotatable bonds is 3. The molecule has 8 heteroatoms. The van der Waals surface area contributed by atoms with Gasteiger partial charge in [-0.15, -0.1) is 16.4 Å². The van der Waals surface area contributed by atoms with Crippen LogP contribution in [0.4, 0.5) is 0 Å². The lowest BCUT2D eigenvalue weighted by Gasteiger charge is -2.19. The molecule has 4 aromatic rings. The van der Waals surface area contributed by atoms with Crippen LogP contribution in [0.3, 0.4) is 0 Å². The minimum absolute atomic E-state index is 0.407. The summed E-state index contributed by atoms with van der Waals surface area (Å²) in [5.41, 5.74) is 3.14. The normalized spacial score (nSPS) is 20.1. The Hall–Kier alpha value is -2.16. The van der Waals surface area contributed by atoms with Gasteiger partial charge in [-0.25, -0.2) is 9.97 Å². The third kappa shape index (κ3) is 2.88. The summed E-state index contributed by atoms with van der Waals surface area (Å²) in [5.74, 6) is 0.688. The molecule has 0 saturated carbocycles. The standard InChI is InChI=1S/C19H20N6S2/c1-12-10-13(2)25-18(20-12)22-24(19(25)26)11-23-9-5-7-15(23)17-21-14-6-3-4-8-16(14)27-17/h3-4,6,8,10,15H,5,7,9,11H2,1-2H3/p+1/t15-/m1/s1. The van der Waals surface area contributed by atoms with Gasteiger partial charge in [0.25, 0.3) is 5.78 Å². The number of nitrogens with one attached hydrogen (secondary N) is 1. The number of quaternary nitrogens is 1. The molecule has 6 nitrogen and oxygen atoms in total. The molecule has 1 fully saturated rings. The largest absolute Gasteiger partial charge is 0.308 e. The number of nitrogens with zero attached hydrogens (tertiary/aromatic N) is 5. The molecular weight excluding hydrogens is 376 g/mol. The van der Waals surface area contributed by atoms with Gasteiger partial charge < -0.3 is 4.90 Å². The third-order valence-corrected chi connectivity index (χ3v) is 6.86. The van der Waals surface area contributed by atoms with Crippen molar-refractivity contribution < 1.29 is 4.90 Å². The van der Waals surface area contributed by atoms with Crippen LogP contribution >= 0.6 is 23.6 Å². The third-order valence-electron chi connectivity index (χ3n) is 5.31. The van der Waals surface area contributed by atoms with Crippen LogP contribution in [0, 0.1) is 18.6 Å². The Balaban J connectivity index is 1.49. The molecule has 0 bridgehead atoms. The zero-order valence-corrected chi connectivity index (χ0v) is 17.0. The van der Waals surface area contributed by atoms with Crippen molar-refractivity contribution in [1.82, 2.24) is 24.1 Å². The average Bonchev–Trinajstić information content (AvgIpc) is 3.32. The van der Waals surface area contributed by atoms with E-state index in [0.29, 0.717) is 11.8 Å². The van der Waals surface area contributed by atoms with E-state index in [1.165, 1.54) is 21.0 Å². The number of benzene rings is 1. The molecule has 4 heterocycles. The summed E-state index contributed by atoms with van der Waals surface area (Å²) in [6.45, 7) is 5.91. The predicted octanol–water partition coefficient (Wildman–Crippen LogP) is 2.86. The van der Waals surface area contributed by atoms with Crippen LogP contribution in [0.2, 0.25) is 0 Å². The van der Waals surface area contributed by atoms with Crippen LogP contribution < -0.4 is 4.90 Å². The van der Waals surface area contributed by atoms with Crippen molar-refractivity contribution in [2.24, 2.45) is 0 Å². The van der Waals surface area contributed by atoms with E-state index < -0.39 is 0 Å². The van der Waals surface area contributed by atoms with E-state index in [0.717, 1.165) is 41.3 Å². The fraction of sp³-hybridized carbons (Fsp3) is 0.368. The second-order valence-electron chi connectivity index (χ2n) is 7.24. The number of para-hydroxylation sites is 1. The first-order chi connectivity index (χ1) is 13.1. The maximum Gasteiger partial charge on any atom is 0.254 e. The zero-order valence-electron chi connectivity index (χ0n) is 15.3. The number of aromatic nitrogens is 5. The van der Waals surface area contributed by atoms with E-state index in [4.69, 9.17) is 22.3 Å². The summed E-state index contributed by atoms with van der Waals surface area (Å²) in [5, 5.41) is 5.92. The van der Waals surface area contributed by atoms with Crippen LogP contribution in [-0.2, 0) is 6.67 Å². The van der Waals surface area contributed by atoms with E-state index in [9.17, 15) is 0 Å². The SMILES string of the molecule is Cc1cc(C)n2c(=S)n(C[NH+]3CCC[C@@H]3c3nc4ccccc4s3)nc2n1. The molecule has 0 spiro atoms.